The molecule has 0 spiro atoms. The minimum Gasteiger partial charge on any atom is -0.394 e. The molecule has 3 N–H and O–H groups in total. The van der Waals surface area contributed by atoms with Crippen LogP contribution in [0.3, 0.4) is 0 Å². The van der Waals surface area contributed by atoms with Crippen LogP contribution in [0.5, 0.6) is 0 Å². The third-order valence-electron chi connectivity index (χ3n) is 2.65. The lowest BCUT2D eigenvalue weighted by molar-refractivity contribution is -0.0235. The van der Waals surface area contributed by atoms with Crippen LogP contribution in [0.4, 0.5) is 4.39 Å². The molecule has 6 heteroatoms. The Balaban J connectivity index is 2.23. The normalized spacial score (nSPS) is 29.6. The van der Waals surface area contributed by atoms with Crippen LogP contribution in [0.15, 0.2) is 16.9 Å². The Kier molecular flexibility index (Phi) is 3.04. The summed E-state index contributed by atoms with van der Waals surface area (Å²) in [6.07, 6.45) is -1.95. The van der Waals surface area contributed by atoms with Gasteiger partial charge in [0.05, 0.1) is 18.8 Å². The Labute approximate surface area is 90.5 Å². The highest BCUT2D eigenvalue weighted by Gasteiger charge is 2.35. The lowest BCUT2D eigenvalue weighted by Gasteiger charge is -2.12. The maximum Gasteiger partial charge on any atom is 0.250 e. The van der Waals surface area contributed by atoms with Crippen LogP contribution in [-0.2, 0) is 4.74 Å². The number of halogens is 1. The molecule has 1 aromatic heterocycles. The second kappa shape index (κ2) is 4.32. The van der Waals surface area contributed by atoms with E-state index in [-0.39, 0.29) is 18.6 Å². The number of aromatic amines is 1. The highest BCUT2D eigenvalue weighted by Crippen LogP contribution is 2.33. The molecule has 0 amide bonds. The van der Waals surface area contributed by atoms with E-state index in [1.165, 1.54) is 12.1 Å². The Bertz CT molecular complexity index is 433. The van der Waals surface area contributed by atoms with Gasteiger partial charge in [-0.2, -0.15) is 4.39 Å². The lowest BCUT2D eigenvalue weighted by atomic mass is 10.1. The fourth-order valence-corrected chi connectivity index (χ4v) is 1.80. The number of rotatable bonds is 2. The largest absolute Gasteiger partial charge is 0.394 e. The summed E-state index contributed by atoms with van der Waals surface area (Å²) in [5.74, 6) is -0.761. The average molecular weight is 229 g/mol. The first-order valence-corrected chi connectivity index (χ1v) is 4.95. The Morgan fingerprint density at radius 3 is 2.88 bits per heavy atom. The smallest absolute Gasteiger partial charge is 0.250 e. The summed E-state index contributed by atoms with van der Waals surface area (Å²) in [5.41, 5.74) is -0.340. The van der Waals surface area contributed by atoms with Gasteiger partial charge >= 0.3 is 0 Å². The van der Waals surface area contributed by atoms with Gasteiger partial charge in [0.15, 0.2) is 5.95 Å². The number of H-pyrrole nitrogens is 1. The summed E-state index contributed by atoms with van der Waals surface area (Å²) in [6.45, 7) is -0.317. The molecule has 2 rings (SSSR count). The SMILES string of the molecule is O=c1ccc([C@H]2C[C@H](O)[C@@H](CO)O2)c(F)[nH]1. The maximum absolute atomic E-state index is 13.4. The first-order valence-electron chi connectivity index (χ1n) is 4.95. The number of aromatic nitrogens is 1. The van der Waals surface area contributed by atoms with Gasteiger partial charge in [-0.3, -0.25) is 9.78 Å². The molecule has 0 aliphatic carbocycles. The molecular weight excluding hydrogens is 217 g/mol. The Morgan fingerprint density at radius 1 is 1.56 bits per heavy atom. The zero-order valence-electron chi connectivity index (χ0n) is 8.39. The van der Waals surface area contributed by atoms with E-state index in [1.54, 1.807) is 0 Å². The van der Waals surface area contributed by atoms with Crippen LogP contribution in [-0.4, -0.2) is 34.0 Å². The molecule has 0 radical (unpaired) electrons. The molecule has 16 heavy (non-hydrogen) atoms. The second-order valence-electron chi connectivity index (χ2n) is 3.74. The average Bonchev–Trinajstić information content (AvgIpc) is 2.59. The molecular formula is C10H12FNO4. The van der Waals surface area contributed by atoms with Crippen molar-refractivity contribution in [2.24, 2.45) is 0 Å². The predicted octanol–water partition coefficient (Wildman–Crippen LogP) is -0.303. The molecule has 1 saturated heterocycles. The van der Waals surface area contributed by atoms with Crippen molar-refractivity contribution in [2.75, 3.05) is 6.61 Å². The Morgan fingerprint density at radius 2 is 2.31 bits per heavy atom. The number of hydrogen-bond acceptors (Lipinski definition) is 4. The van der Waals surface area contributed by atoms with Gasteiger partial charge in [0.2, 0.25) is 5.56 Å². The molecule has 0 aromatic carbocycles. The molecule has 5 nitrogen and oxygen atoms in total. The first kappa shape index (κ1) is 11.3. The first-order chi connectivity index (χ1) is 7.61. The second-order valence-corrected chi connectivity index (χ2v) is 3.74. The van der Waals surface area contributed by atoms with E-state index < -0.39 is 29.8 Å². The summed E-state index contributed by atoms with van der Waals surface area (Å²) in [6, 6.07) is 2.52. The van der Waals surface area contributed by atoms with Gasteiger partial charge in [-0.15, -0.1) is 0 Å². The van der Waals surface area contributed by atoms with Crippen molar-refractivity contribution in [3.8, 4) is 0 Å². The van der Waals surface area contributed by atoms with Gasteiger partial charge in [-0.1, -0.05) is 0 Å². The van der Waals surface area contributed by atoms with Crippen LogP contribution < -0.4 is 5.56 Å². The summed E-state index contributed by atoms with van der Waals surface area (Å²) < 4.78 is 18.6. The van der Waals surface area contributed by atoms with Gasteiger partial charge in [0.1, 0.15) is 6.10 Å². The molecule has 0 unspecified atom stereocenters. The summed E-state index contributed by atoms with van der Waals surface area (Å²) in [7, 11) is 0. The van der Waals surface area contributed by atoms with Gasteiger partial charge in [0, 0.05) is 18.1 Å². The van der Waals surface area contributed by atoms with Gasteiger partial charge in [-0.05, 0) is 6.07 Å². The standard InChI is InChI=1S/C10H12FNO4/c11-10-5(1-2-9(15)12-10)7-3-6(14)8(4-13)16-7/h1-2,6-8,13-14H,3-4H2,(H,12,15)/t6-,7+,8+/m0/s1. The summed E-state index contributed by atoms with van der Waals surface area (Å²) in [4.78, 5) is 12.8. The fraction of sp³-hybridized carbons (Fsp3) is 0.500. The molecule has 1 aliphatic heterocycles. The van der Waals surface area contributed by atoms with Gasteiger partial charge in [0.25, 0.3) is 0 Å². The lowest BCUT2D eigenvalue weighted by Crippen LogP contribution is -2.24. The van der Waals surface area contributed by atoms with Crippen molar-refractivity contribution < 1.29 is 19.3 Å². The molecule has 1 fully saturated rings. The van der Waals surface area contributed by atoms with Crippen LogP contribution >= 0.6 is 0 Å². The van der Waals surface area contributed by atoms with E-state index in [0.717, 1.165) is 0 Å². The highest BCUT2D eigenvalue weighted by molar-refractivity contribution is 5.16. The van der Waals surface area contributed by atoms with Crippen LogP contribution in [0.1, 0.15) is 18.1 Å². The molecule has 0 bridgehead atoms. The predicted molar refractivity (Wildman–Crippen MR) is 52.3 cm³/mol. The fourth-order valence-electron chi connectivity index (χ4n) is 1.80. The van der Waals surface area contributed by atoms with Crippen LogP contribution in [0.25, 0.3) is 0 Å². The monoisotopic (exact) mass is 229 g/mol. The maximum atomic E-state index is 13.4. The van der Waals surface area contributed by atoms with E-state index in [4.69, 9.17) is 9.84 Å². The molecule has 88 valence electrons. The minimum atomic E-state index is -0.818. The molecule has 3 atom stereocenters. The quantitative estimate of drug-likeness (QED) is 0.608. The van der Waals surface area contributed by atoms with Gasteiger partial charge in [-0.25, -0.2) is 0 Å². The number of nitrogens with one attached hydrogen (secondary N) is 1. The topological polar surface area (TPSA) is 82.6 Å². The zero-order valence-corrected chi connectivity index (χ0v) is 8.39. The molecule has 2 heterocycles. The van der Waals surface area contributed by atoms with E-state index in [0.29, 0.717) is 0 Å². The van der Waals surface area contributed by atoms with Crippen molar-refractivity contribution in [2.45, 2.75) is 24.7 Å². The van der Waals surface area contributed by atoms with Crippen LogP contribution in [0, 0.1) is 5.95 Å². The van der Waals surface area contributed by atoms with Crippen molar-refractivity contribution >= 4 is 0 Å². The number of aliphatic hydroxyl groups excluding tert-OH is 2. The van der Waals surface area contributed by atoms with Gasteiger partial charge < -0.3 is 14.9 Å². The highest BCUT2D eigenvalue weighted by atomic mass is 19.1. The molecule has 1 aromatic rings. The summed E-state index contributed by atoms with van der Waals surface area (Å²) >= 11 is 0. The zero-order chi connectivity index (χ0) is 11.7. The molecule has 0 saturated carbocycles. The third-order valence-corrected chi connectivity index (χ3v) is 2.65. The van der Waals surface area contributed by atoms with E-state index in [2.05, 4.69) is 0 Å². The van der Waals surface area contributed by atoms with E-state index in [1.807, 2.05) is 4.98 Å². The van der Waals surface area contributed by atoms with E-state index in [9.17, 15) is 14.3 Å². The minimum absolute atomic E-state index is 0.189. The third kappa shape index (κ3) is 1.99. The number of aliphatic hydroxyl groups is 2. The Hall–Kier alpha value is -1.24. The number of hydrogen-bond donors (Lipinski definition) is 3. The number of ether oxygens (including phenoxy) is 1. The number of pyridine rings is 1. The molecule has 1 aliphatic rings. The van der Waals surface area contributed by atoms with Crippen molar-refractivity contribution in [1.82, 2.24) is 4.98 Å². The summed E-state index contributed by atoms with van der Waals surface area (Å²) in [5, 5.41) is 18.4. The van der Waals surface area contributed by atoms with Crippen molar-refractivity contribution in [3.63, 3.8) is 0 Å². The van der Waals surface area contributed by atoms with E-state index >= 15 is 0 Å². The van der Waals surface area contributed by atoms with Crippen LogP contribution in [0.2, 0.25) is 0 Å². The van der Waals surface area contributed by atoms with Crippen molar-refractivity contribution in [3.05, 3.63) is 34.0 Å². The van der Waals surface area contributed by atoms with Crippen molar-refractivity contribution in [1.29, 1.82) is 0 Å².